The van der Waals surface area contributed by atoms with Crippen molar-refractivity contribution in [2.75, 3.05) is 31.7 Å². The lowest BCUT2D eigenvalue weighted by Gasteiger charge is -2.18. The fraction of sp³-hybridized carbons (Fsp3) is 0.667. The van der Waals surface area contributed by atoms with Gasteiger partial charge in [-0.2, -0.15) is 0 Å². The summed E-state index contributed by atoms with van der Waals surface area (Å²) in [5.74, 6) is 1.77. The molecule has 1 saturated heterocycles. The van der Waals surface area contributed by atoms with E-state index in [2.05, 4.69) is 27.3 Å². The molecule has 0 amide bonds. The summed E-state index contributed by atoms with van der Waals surface area (Å²) < 4.78 is 5.25. The largest absolute Gasteiger partial charge is 0.384 e. The number of nitrogens with zero attached hydrogens (tertiary/aromatic N) is 2. The summed E-state index contributed by atoms with van der Waals surface area (Å²) in [5.41, 5.74) is 1.34. The van der Waals surface area contributed by atoms with Gasteiger partial charge in [0.1, 0.15) is 5.82 Å². The lowest BCUT2D eigenvalue weighted by Crippen LogP contribution is -2.22. The number of pyridine rings is 1. The molecule has 1 N–H and O–H groups in total. The van der Waals surface area contributed by atoms with Crippen LogP contribution in [0.3, 0.4) is 0 Å². The van der Waals surface area contributed by atoms with Crippen molar-refractivity contribution in [3.63, 3.8) is 0 Å². The number of nitrogens with one attached hydrogen (secondary N) is 1. The maximum atomic E-state index is 5.25. The predicted octanol–water partition coefficient (Wildman–Crippen LogP) is 1.81. The van der Waals surface area contributed by atoms with Gasteiger partial charge in [-0.15, -0.1) is 0 Å². The number of hydrogen-bond donors (Lipinski definition) is 1. The fourth-order valence-corrected chi connectivity index (χ4v) is 2.71. The molecule has 2 fully saturated rings. The highest BCUT2D eigenvalue weighted by atomic mass is 16.5. The average molecular weight is 261 g/mol. The number of hydrogen-bond acceptors (Lipinski definition) is 4. The molecule has 0 bridgehead atoms. The van der Waals surface area contributed by atoms with E-state index in [0.717, 1.165) is 38.1 Å². The van der Waals surface area contributed by atoms with Gasteiger partial charge in [0.25, 0.3) is 0 Å². The van der Waals surface area contributed by atoms with E-state index in [4.69, 9.17) is 4.74 Å². The first-order valence-electron chi connectivity index (χ1n) is 7.27. The first kappa shape index (κ1) is 12.9. The SMILES string of the molecule is COCC1CCN(c2cc(CNC3CC3)ccn2)C1. The van der Waals surface area contributed by atoms with Crippen LogP contribution >= 0.6 is 0 Å². The number of aromatic nitrogens is 1. The minimum absolute atomic E-state index is 0.653. The van der Waals surface area contributed by atoms with Crippen molar-refractivity contribution in [3.8, 4) is 0 Å². The van der Waals surface area contributed by atoms with Crippen LogP contribution in [0.2, 0.25) is 0 Å². The quantitative estimate of drug-likeness (QED) is 0.847. The van der Waals surface area contributed by atoms with E-state index in [1.807, 2.05) is 6.20 Å². The highest BCUT2D eigenvalue weighted by Crippen LogP contribution is 2.23. The molecular formula is C15H23N3O. The molecule has 4 nitrogen and oxygen atoms in total. The van der Waals surface area contributed by atoms with Crippen LogP contribution in [0.25, 0.3) is 0 Å². The maximum Gasteiger partial charge on any atom is 0.128 e. The standard InChI is InChI=1S/C15H23N3O/c1-19-11-13-5-7-18(10-13)15-8-12(4-6-16-15)9-17-14-2-3-14/h4,6,8,13-14,17H,2-3,5,7,9-11H2,1H3. The summed E-state index contributed by atoms with van der Waals surface area (Å²) in [6, 6.07) is 5.10. The second kappa shape index (κ2) is 5.88. The van der Waals surface area contributed by atoms with Crippen molar-refractivity contribution in [1.29, 1.82) is 0 Å². The molecule has 0 radical (unpaired) electrons. The van der Waals surface area contributed by atoms with Crippen LogP contribution in [0.1, 0.15) is 24.8 Å². The molecular weight excluding hydrogens is 238 g/mol. The summed E-state index contributed by atoms with van der Waals surface area (Å²) >= 11 is 0. The van der Waals surface area contributed by atoms with E-state index < -0.39 is 0 Å². The molecule has 1 aliphatic carbocycles. The highest BCUT2D eigenvalue weighted by molar-refractivity contribution is 5.42. The lowest BCUT2D eigenvalue weighted by molar-refractivity contribution is 0.161. The molecule has 3 rings (SSSR count). The summed E-state index contributed by atoms with van der Waals surface area (Å²) in [4.78, 5) is 6.90. The van der Waals surface area contributed by atoms with Crippen molar-refractivity contribution >= 4 is 5.82 Å². The van der Waals surface area contributed by atoms with E-state index in [-0.39, 0.29) is 0 Å². The lowest BCUT2D eigenvalue weighted by atomic mass is 10.1. The Bertz CT molecular complexity index is 420. The fourth-order valence-electron chi connectivity index (χ4n) is 2.71. The Labute approximate surface area is 115 Å². The molecule has 1 aliphatic heterocycles. The van der Waals surface area contributed by atoms with Crippen molar-refractivity contribution < 1.29 is 4.74 Å². The Morgan fingerprint density at radius 3 is 3.11 bits per heavy atom. The van der Waals surface area contributed by atoms with Crippen molar-refractivity contribution in [1.82, 2.24) is 10.3 Å². The van der Waals surface area contributed by atoms with Gasteiger partial charge < -0.3 is 15.0 Å². The van der Waals surface area contributed by atoms with Gasteiger partial charge >= 0.3 is 0 Å². The van der Waals surface area contributed by atoms with Gasteiger partial charge in [-0.1, -0.05) is 0 Å². The van der Waals surface area contributed by atoms with Crippen LogP contribution in [0.5, 0.6) is 0 Å². The molecule has 104 valence electrons. The molecule has 0 aromatic carbocycles. The first-order chi connectivity index (χ1) is 9.35. The molecule has 1 saturated carbocycles. The smallest absolute Gasteiger partial charge is 0.128 e. The number of methoxy groups -OCH3 is 1. The monoisotopic (exact) mass is 261 g/mol. The topological polar surface area (TPSA) is 37.4 Å². The number of anilines is 1. The van der Waals surface area contributed by atoms with Crippen LogP contribution < -0.4 is 10.2 Å². The second-order valence-electron chi connectivity index (χ2n) is 5.73. The van der Waals surface area contributed by atoms with E-state index >= 15 is 0 Å². The van der Waals surface area contributed by atoms with Gasteiger partial charge in [0.05, 0.1) is 6.61 Å². The summed E-state index contributed by atoms with van der Waals surface area (Å²) in [5, 5.41) is 3.55. The summed E-state index contributed by atoms with van der Waals surface area (Å²) in [7, 11) is 1.78. The van der Waals surface area contributed by atoms with E-state index in [1.54, 1.807) is 7.11 Å². The van der Waals surface area contributed by atoms with E-state index in [1.165, 1.54) is 24.8 Å². The minimum Gasteiger partial charge on any atom is -0.384 e. The molecule has 1 atom stereocenters. The van der Waals surface area contributed by atoms with Crippen LogP contribution in [-0.4, -0.2) is 37.8 Å². The zero-order chi connectivity index (χ0) is 13.1. The molecule has 1 aromatic heterocycles. The Morgan fingerprint density at radius 1 is 1.42 bits per heavy atom. The van der Waals surface area contributed by atoms with Crippen LogP contribution in [0, 0.1) is 5.92 Å². The number of ether oxygens (including phenoxy) is 1. The van der Waals surface area contributed by atoms with Crippen LogP contribution in [0.4, 0.5) is 5.82 Å². The minimum atomic E-state index is 0.653. The molecule has 1 aromatic rings. The van der Waals surface area contributed by atoms with Crippen LogP contribution in [-0.2, 0) is 11.3 Å². The van der Waals surface area contributed by atoms with Gasteiger partial charge in [-0.3, -0.25) is 0 Å². The molecule has 0 spiro atoms. The second-order valence-corrected chi connectivity index (χ2v) is 5.73. The third kappa shape index (κ3) is 3.45. The van der Waals surface area contributed by atoms with Gasteiger partial charge in [-0.25, -0.2) is 4.98 Å². The zero-order valence-electron chi connectivity index (χ0n) is 11.6. The maximum absolute atomic E-state index is 5.25. The van der Waals surface area contributed by atoms with Gasteiger partial charge in [0.2, 0.25) is 0 Å². The van der Waals surface area contributed by atoms with Gasteiger partial charge in [-0.05, 0) is 37.0 Å². The molecule has 1 unspecified atom stereocenters. The van der Waals surface area contributed by atoms with Crippen LogP contribution in [0.15, 0.2) is 18.3 Å². The first-order valence-corrected chi connectivity index (χ1v) is 7.27. The Kier molecular flexibility index (Phi) is 3.99. The number of rotatable bonds is 6. The predicted molar refractivity (Wildman–Crippen MR) is 76.3 cm³/mol. The molecule has 2 aliphatic rings. The third-order valence-corrected chi connectivity index (χ3v) is 3.99. The normalized spacial score (nSPS) is 23.0. The Morgan fingerprint density at radius 2 is 2.32 bits per heavy atom. The van der Waals surface area contributed by atoms with Crippen molar-refractivity contribution in [2.24, 2.45) is 5.92 Å². The molecule has 19 heavy (non-hydrogen) atoms. The summed E-state index contributed by atoms with van der Waals surface area (Å²) in [6.07, 6.45) is 5.81. The Balaban J connectivity index is 1.59. The van der Waals surface area contributed by atoms with E-state index in [9.17, 15) is 0 Å². The molecule has 4 heteroatoms. The highest BCUT2D eigenvalue weighted by Gasteiger charge is 2.24. The zero-order valence-corrected chi connectivity index (χ0v) is 11.6. The Hall–Kier alpha value is -1.13. The average Bonchev–Trinajstić information content (AvgIpc) is 3.15. The molecule has 2 heterocycles. The van der Waals surface area contributed by atoms with Crippen molar-refractivity contribution in [2.45, 2.75) is 31.8 Å². The van der Waals surface area contributed by atoms with Crippen molar-refractivity contribution in [3.05, 3.63) is 23.9 Å². The van der Waals surface area contributed by atoms with Gasteiger partial charge in [0.15, 0.2) is 0 Å². The summed E-state index contributed by atoms with van der Waals surface area (Å²) in [6.45, 7) is 4.00. The third-order valence-electron chi connectivity index (χ3n) is 3.99. The van der Waals surface area contributed by atoms with Gasteiger partial charge in [0, 0.05) is 44.9 Å². The van der Waals surface area contributed by atoms with E-state index in [0.29, 0.717) is 5.92 Å².